The summed E-state index contributed by atoms with van der Waals surface area (Å²) in [6, 6.07) is 8.67. The first-order valence-corrected chi connectivity index (χ1v) is 6.70. The average molecular weight is 288 g/mol. The van der Waals surface area contributed by atoms with E-state index in [1.165, 1.54) is 0 Å². The number of terminal acetylenes is 1. The molecule has 1 aromatic carbocycles. The van der Waals surface area contributed by atoms with E-state index < -0.39 is 11.7 Å². The molecule has 1 aromatic rings. The number of benzene rings is 1. The summed E-state index contributed by atoms with van der Waals surface area (Å²) in [6.07, 6.45) is 4.61. The maximum Gasteiger partial charge on any atom is 0.417 e. The van der Waals surface area contributed by atoms with Gasteiger partial charge in [-0.05, 0) is 30.1 Å². The second-order valence-corrected chi connectivity index (χ2v) is 4.76. The molecule has 21 heavy (non-hydrogen) atoms. The molecule has 0 N–H and O–H groups in total. The number of hydrogen-bond donors (Lipinski definition) is 0. The van der Waals surface area contributed by atoms with E-state index in [2.05, 4.69) is 5.92 Å². The summed E-state index contributed by atoms with van der Waals surface area (Å²) in [6.45, 7) is 1.86. The van der Waals surface area contributed by atoms with Gasteiger partial charge in [-0.3, -0.25) is 0 Å². The Balaban J connectivity index is 2.71. The zero-order valence-corrected chi connectivity index (χ0v) is 11.7. The lowest BCUT2D eigenvalue weighted by atomic mass is 9.90. The van der Waals surface area contributed by atoms with Crippen molar-refractivity contribution >= 4 is 5.57 Å². The third-order valence-corrected chi connectivity index (χ3v) is 3.45. The molecule has 0 atom stereocenters. The molecule has 0 radical (unpaired) electrons. The summed E-state index contributed by atoms with van der Waals surface area (Å²) < 4.78 is 40.4. The lowest BCUT2D eigenvalue weighted by Gasteiger charge is -2.18. The highest BCUT2D eigenvalue weighted by molar-refractivity contribution is 5.84. The zero-order valence-electron chi connectivity index (χ0n) is 11.7. The van der Waals surface area contributed by atoms with E-state index in [1.54, 1.807) is 36.4 Å². The van der Waals surface area contributed by atoms with Crippen LogP contribution in [0.4, 0.5) is 13.2 Å². The first-order chi connectivity index (χ1) is 9.97. The van der Waals surface area contributed by atoms with E-state index in [-0.39, 0.29) is 11.1 Å². The second-order valence-electron chi connectivity index (χ2n) is 4.76. The number of hydrogen-bond acceptors (Lipinski definition) is 0. The Bertz CT molecular complexity index is 650. The lowest BCUT2D eigenvalue weighted by molar-refractivity contribution is -0.0871. The molecule has 2 rings (SSSR count). The predicted octanol–water partition coefficient (Wildman–Crippen LogP) is 5.30. The molecule has 1 aliphatic carbocycles. The second kappa shape index (κ2) is 6.05. The Morgan fingerprint density at radius 1 is 1.19 bits per heavy atom. The van der Waals surface area contributed by atoms with Crippen LogP contribution in [-0.2, 0) is 0 Å². The lowest BCUT2D eigenvalue weighted by Crippen LogP contribution is -2.14. The van der Waals surface area contributed by atoms with Crippen LogP contribution in [0.3, 0.4) is 0 Å². The van der Waals surface area contributed by atoms with Crippen molar-refractivity contribution in [1.82, 2.24) is 0 Å². The molecule has 0 amide bonds. The van der Waals surface area contributed by atoms with Gasteiger partial charge in [-0.15, -0.1) is 6.42 Å². The molecule has 0 heterocycles. The molecular weight excluding hydrogens is 273 g/mol. The Hall–Kier alpha value is -2.21. The largest absolute Gasteiger partial charge is 0.417 e. The van der Waals surface area contributed by atoms with E-state index in [9.17, 15) is 13.2 Å². The summed E-state index contributed by atoms with van der Waals surface area (Å²) in [4.78, 5) is 0. The van der Waals surface area contributed by atoms with Crippen LogP contribution in [0.25, 0.3) is 5.57 Å². The molecule has 0 aromatic heterocycles. The minimum atomic E-state index is -4.44. The summed E-state index contributed by atoms with van der Waals surface area (Å²) in [5, 5.41) is 0. The summed E-state index contributed by atoms with van der Waals surface area (Å²) >= 11 is 0. The van der Waals surface area contributed by atoms with Crippen molar-refractivity contribution in [2.24, 2.45) is 0 Å². The Kier molecular flexibility index (Phi) is 4.37. The normalized spacial score (nSPS) is 16.0. The van der Waals surface area contributed by atoms with E-state index >= 15 is 0 Å². The molecular formula is C18H15F3. The highest BCUT2D eigenvalue weighted by atomic mass is 19.4. The smallest absolute Gasteiger partial charge is 0.166 e. The summed E-state index contributed by atoms with van der Waals surface area (Å²) in [7, 11) is 0. The Morgan fingerprint density at radius 2 is 1.86 bits per heavy atom. The average Bonchev–Trinajstić information content (AvgIpc) is 2.66. The number of halogens is 3. The van der Waals surface area contributed by atoms with Gasteiger partial charge in [0.15, 0.2) is 0 Å². The monoisotopic (exact) mass is 288 g/mol. The van der Waals surface area contributed by atoms with Gasteiger partial charge in [0, 0.05) is 5.57 Å². The highest BCUT2D eigenvalue weighted by Crippen LogP contribution is 2.41. The van der Waals surface area contributed by atoms with E-state index in [0.29, 0.717) is 18.4 Å². The van der Waals surface area contributed by atoms with Crippen LogP contribution in [-0.4, -0.2) is 6.18 Å². The maximum atomic E-state index is 13.5. The van der Waals surface area contributed by atoms with Crippen molar-refractivity contribution in [3.8, 4) is 12.3 Å². The standard InChI is InChI=1S/C18H15F3/c1-3-13-10-11-14(4-2)17(15-8-6-5-7-9-15)16(12-13)18(19,20)21/h1,5-10,12H,4,11H2,2H3. The fourth-order valence-electron chi connectivity index (χ4n) is 2.42. The van der Waals surface area contributed by atoms with Crippen molar-refractivity contribution in [1.29, 1.82) is 0 Å². The molecule has 0 aliphatic heterocycles. The van der Waals surface area contributed by atoms with Crippen molar-refractivity contribution in [2.45, 2.75) is 25.9 Å². The summed E-state index contributed by atoms with van der Waals surface area (Å²) in [5.74, 6) is 2.32. The fraction of sp³-hybridized carbons (Fsp3) is 0.222. The molecule has 0 bridgehead atoms. The first-order valence-electron chi connectivity index (χ1n) is 6.70. The van der Waals surface area contributed by atoms with Crippen molar-refractivity contribution in [3.05, 3.63) is 64.8 Å². The van der Waals surface area contributed by atoms with Gasteiger partial charge in [0.1, 0.15) is 0 Å². The first kappa shape index (κ1) is 15.2. The number of allylic oxidation sites excluding steroid dienone is 6. The predicted molar refractivity (Wildman–Crippen MR) is 79.3 cm³/mol. The number of alkyl halides is 3. The summed E-state index contributed by atoms with van der Waals surface area (Å²) in [5.41, 5.74) is 1.19. The van der Waals surface area contributed by atoms with Crippen LogP contribution < -0.4 is 0 Å². The Morgan fingerprint density at radius 3 is 2.38 bits per heavy atom. The van der Waals surface area contributed by atoms with Gasteiger partial charge in [-0.25, -0.2) is 0 Å². The van der Waals surface area contributed by atoms with Crippen LogP contribution in [0.1, 0.15) is 25.3 Å². The molecule has 0 saturated carbocycles. The molecule has 1 aliphatic rings. The van der Waals surface area contributed by atoms with Crippen molar-refractivity contribution in [3.63, 3.8) is 0 Å². The third-order valence-electron chi connectivity index (χ3n) is 3.45. The topological polar surface area (TPSA) is 0 Å². The van der Waals surface area contributed by atoms with Gasteiger partial charge < -0.3 is 0 Å². The Labute approximate surface area is 122 Å². The molecule has 108 valence electrons. The van der Waals surface area contributed by atoms with Gasteiger partial charge in [0.05, 0.1) is 5.57 Å². The fourth-order valence-corrected chi connectivity index (χ4v) is 2.42. The van der Waals surface area contributed by atoms with Gasteiger partial charge >= 0.3 is 6.18 Å². The van der Waals surface area contributed by atoms with E-state index in [0.717, 1.165) is 11.6 Å². The van der Waals surface area contributed by atoms with Crippen LogP contribution >= 0.6 is 0 Å². The molecule has 0 unspecified atom stereocenters. The highest BCUT2D eigenvalue weighted by Gasteiger charge is 2.38. The van der Waals surface area contributed by atoms with Crippen LogP contribution in [0.5, 0.6) is 0 Å². The van der Waals surface area contributed by atoms with Crippen LogP contribution in [0.2, 0.25) is 0 Å². The third kappa shape index (κ3) is 3.28. The van der Waals surface area contributed by atoms with Crippen molar-refractivity contribution < 1.29 is 13.2 Å². The van der Waals surface area contributed by atoms with Crippen LogP contribution in [0.15, 0.2) is 59.2 Å². The van der Waals surface area contributed by atoms with Gasteiger partial charge in [0.25, 0.3) is 0 Å². The molecule has 3 heteroatoms. The quantitative estimate of drug-likeness (QED) is 0.648. The van der Waals surface area contributed by atoms with Gasteiger partial charge in [-0.1, -0.05) is 54.8 Å². The SMILES string of the molecule is C#CC1=CCC(CC)=C(c2ccccc2)C(C(F)(F)F)=C1. The zero-order chi connectivity index (χ0) is 15.5. The minimum absolute atomic E-state index is 0.257. The molecule has 0 fully saturated rings. The minimum Gasteiger partial charge on any atom is -0.166 e. The molecule has 0 nitrogen and oxygen atoms in total. The molecule has 0 spiro atoms. The van der Waals surface area contributed by atoms with E-state index in [1.807, 2.05) is 6.92 Å². The van der Waals surface area contributed by atoms with Gasteiger partial charge in [-0.2, -0.15) is 13.2 Å². The van der Waals surface area contributed by atoms with Crippen molar-refractivity contribution in [2.75, 3.05) is 0 Å². The number of rotatable bonds is 2. The van der Waals surface area contributed by atoms with Crippen LogP contribution in [0, 0.1) is 12.3 Å². The molecule has 0 saturated heterocycles. The maximum absolute atomic E-state index is 13.5. The van der Waals surface area contributed by atoms with E-state index in [4.69, 9.17) is 6.42 Å². The van der Waals surface area contributed by atoms with Gasteiger partial charge in [0.2, 0.25) is 0 Å².